The lowest BCUT2D eigenvalue weighted by atomic mass is 9.89. The van der Waals surface area contributed by atoms with Gasteiger partial charge in [0.2, 0.25) is 10.0 Å². The lowest BCUT2D eigenvalue weighted by Gasteiger charge is -2.35. The van der Waals surface area contributed by atoms with Crippen molar-refractivity contribution in [2.75, 3.05) is 31.1 Å². The minimum absolute atomic E-state index is 0.134. The van der Waals surface area contributed by atoms with Crippen molar-refractivity contribution in [1.82, 2.24) is 24.6 Å². The molecule has 0 saturated carbocycles. The summed E-state index contributed by atoms with van der Waals surface area (Å²) >= 11 is 1.78. The molecule has 0 spiro atoms. The number of anilines is 1. The molecule has 166 valence electrons. The first-order valence-electron chi connectivity index (χ1n) is 10.7. The molecule has 1 aliphatic heterocycles. The number of hydrogen-bond donors (Lipinski definition) is 0. The van der Waals surface area contributed by atoms with Gasteiger partial charge in [0.15, 0.2) is 5.52 Å². The number of thiophene rings is 1. The second-order valence-corrected chi connectivity index (χ2v) is 11.5. The molecule has 0 bridgehead atoms. The maximum atomic E-state index is 13.3. The topological polar surface area (TPSA) is 105 Å². The molecule has 1 atom stereocenters. The van der Waals surface area contributed by atoms with Gasteiger partial charge in [-0.05, 0) is 53.2 Å². The summed E-state index contributed by atoms with van der Waals surface area (Å²) in [6.07, 6.45) is 4.97. The van der Waals surface area contributed by atoms with E-state index >= 15 is 0 Å². The van der Waals surface area contributed by atoms with Gasteiger partial charge in [-0.2, -0.15) is 4.31 Å². The van der Waals surface area contributed by atoms with Crippen LogP contribution >= 0.6 is 11.3 Å². The fraction of sp³-hybridized carbons (Fsp3) is 0.429. The third kappa shape index (κ3) is 3.10. The number of aromatic nitrogens is 4. The van der Waals surface area contributed by atoms with E-state index in [1.807, 2.05) is 0 Å². The van der Waals surface area contributed by atoms with Crippen LogP contribution in [0.2, 0.25) is 0 Å². The molecule has 1 saturated heterocycles. The molecule has 1 fully saturated rings. The summed E-state index contributed by atoms with van der Waals surface area (Å²) in [5.41, 5.74) is 2.09. The lowest BCUT2D eigenvalue weighted by molar-refractivity contribution is 0.315. The first kappa shape index (κ1) is 20.0. The molecule has 0 N–H and O–H groups in total. The van der Waals surface area contributed by atoms with Crippen molar-refractivity contribution in [3.63, 3.8) is 0 Å². The largest absolute Gasteiger partial charge is 0.353 e. The Hall–Kier alpha value is -2.63. The van der Waals surface area contributed by atoms with Crippen LogP contribution in [-0.4, -0.2) is 59.2 Å². The predicted molar refractivity (Wildman–Crippen MR) is 121 cm³/mol. The molecular weight excluding hydrogens is 448 g/mol. The van der Waals surface area contributed by atoms with Crippen molar-refractivity contribution in [1.29, 1.82) is 0 Å². The second-order valence-electron chi connectivity index (χ2n) is 8.51. The second kappa shape index (κ2) is 7.46. The lowest BCUT2D eigenvalue weighted by Crippen LogP contribution is -2.49. The maximum Gasteiger partial charge on any atom is 0.245 e. The zero-order chi connectivity index (χ0) is 21.9. The number of fused-ring (bicyclic) bond motifs is 4. The third-order valence-electron chi connectivity index (χ3n) is 6.48. The molecule has 6 rings (SSSR count). The predicted octanol–water partition coefficient (Wildman–Crippen LogP) is 2.86. The van der Waals surface area contributed by atoms with E-state index in [9.17, 15) is 8.42 Å². The third-order valence-corrected chi connectivity index (χ3v) is 9.57. The van der Waals surface area contributed by atoms with Gasteiger partial charge >= 0.3 is 0 Å². The van der Waals surface area contributed by atoms with Gasteiger partial charge in [0.1, 0.15) is 27.4 Å². The van der Waals surface area contributed by atoms with Gasteiger partial charge in [0.25, 0.3) is 0 Å². The maximum absolute atomic E-state index is 13.3. The van der Waals surface area contributed by atoms with E-state index in [1.165, 1.54) is 21.2 Å². The van der Waals surface area contributed by atoms with Crippen LogP contribution in [0.5, 0.6) is 0 Å². The smallest absolute Gasteiger partial charge is 0.245 e. The summed E-state index contributed by atoms with van der Waals surface area (Å²) < 4.78 is 32.9. The average molecular weight is 471 g/mol. The Balaban J connectivity index is 1.29. The number of piperazine rings is 1. The Morgan fingerprint density at radius 1 is 1.12 bits per heavy atom. The Morgan fingerprint density at radius 2 is 1.97 bits per heavy atom. The number of rotatable bonds is 3. The first-order chi connectivity index (χ1) is 15.5. The van der Waals surface area contributed by atoms with Crippen LogP contribution in [-0.2, 0) is 22.9 Å². The molecule has 1 aliphatic carbocycles. The number of nitrogens with zero attached hydrogens (tertiary/aromatic N) is 6. The van der Waals surface area contributed by atoms with Gasteiger partial charge in [-0.1, -0.05) is 13.0 Å². The fourth-order valence-corrected chi connectivity index (χ4v) is 7.67. The zero-order valence-corrected chi connectivity index (χ0v) is 19.2. The number of benzene rings is 1. The van der Waals surface area contributed by atoms with Crippen LogP contribution in [0.4, 0.5) is 5.82 Å². The van der Waals surface area contributed by atoms with Crippen LogP contribution in [0.15, 0.2) is 34.1 Å². The van der Waals surface area contributed by atoms with Crippen LogP contribution in [0, 0.1) is 5.92 Å². The minimum atomic E-state index is -3.70. The molecule has 1 aromatic carbocycles. The van der Waals surface area contributed by atoms with Gasteiger partial charge in [0.05, 0.1) is 5.39 Å². The van der Waals surface area contributed by atoms with Crippen molar-refractivity contribution in [3.05, 3.63) is 35.0 Å². The first-order valence-corrected chi connectivity index (χ1v) is 13.0. The van der Waals surface area contributed by atoms with E-state index in [1.54, 1.807) is 35.9 Å². The van der Waals surface area contributed by atoms with Crippen LogP contribution in [0.3, 0.4) is 0 Å². The minimum Gasteiger partial charge on any atom is -0.353 e. The van der Waals surface area contributed by atoms with E-state index in [0.29, 0.717) is 37.6 Å². The van der Waals surface area contributed by atoms with Crippen molar-refractivity contribution in [3.8, 4) is 0 Å². The van der Waals surface area contributed by atoms with Gasteiger partial charge in [-0.25, -0.2) is 23.0 Å². The Morgan fingerprint density at radius 3 is 2.81 bits per heavy atom. The van der Waals surface area contributed by atoms with Gasteiger partial charge in [0, 0.05) is 31.1 Å². The highest BCUT2D eigenvalue weighted by molar-refractivity contribution is 7.89. The van der Waals surface area contributed by atoms with E-state index in [0.717, 1.165) is 28.9 Å². The SMILES string of the molecule is C[C@@H]1CCc2c(sc3ncnc(N4CCN(S(=O)(=O)c5cccc6nonc56)CC4)c23)C1. The van der Waals surface area contributed by atoms with Gasteiger partial charge in [-0.3, -0.25) is 0 Å². The quantitative estimate of drug-likeness (QED) is 0.450. The van der Waals surface area contributed by atoms with Crippen molar-refractivity contribution < 1.29 is 13.0 Å². The molecule has 9 nitrogen and oxygen atoms in total. The molecule has 0 unspecified atom stereocenters. The standard InChI is InChI=1S/C21H22N6O3S2/c1-13-5-6-14-16(11-13)31-21-18(14)20(22-12-23-21)26-7-9-27(10-8-26)32(28,29)17-4-2-3-15-19(17)25-30-24-15/h2-4,12-13H,5-11H2,1H3/t13-/m1/s1. The summed E-state index contributed by atoms with van der Waals surface area (Å²) in [5.74, 6) is 1.63. The van der Waals surface area contributed by atoms with E-state index < -0.39 is 10.0 Å². The van der Waals surface area contributed by atoms with Crippen molar-refractivity contribution in [2.24, 2.45) is 5.92 Å². The monoisotopic (exact) mass is 470 g/mol. The van der Waals surface area contributed by atoms with Crippen molar-refractivity contribution in [2.45, 2.75) is 31.1 Å². The number of sulfonamides is 1. The summed E-state index contributed by atoms with van der Waals surface area (Å²) in [6.45, 7) is 4.19. The number of aryl methyl sites for hydroxylation is 1. The fourth-order valence-electron chi connectivity index (χ4n) is 4.77. The molecule has 32 heavy (non-hydrogen) atoms. The average Bonchev–Trinajstić information content (AvgIpc) is 3.42. The molecule has 0 radical (unpaired) electrons. The Bertz CT molecular complexity index is 1420. The van der Waals surface area contributed by atoms with Crippen LogP contribution < -0.4 is 4.90 Å². The molecule has 3 aromatic heterocycles. The van der Waals surface area contributed by atoms with Gasteiger partial charge < -0.3 is 4.90 Å². The molecular formula is C21H22N6O3S2. The summed E-state index contributed by atoms with van der Waals surface area (Å²) in [7, 11) is -3.70. The highest BCUT2D eigenvalue weighted by Gasteiger charge is 2.32. The number of hydrogen-bond acceptors (Lipinski definition) is 9. The molecule has 11 heteroatoms. The molecule has 4 aromatic rings. The van der Waals surface area contributed by atoms with Crippen LogP contribution in [0.1, 0.15) is 23.8 Å². The van der Waals surface area contributed by atoms with Gasteiger partial charge in [-0.15, -0.1) is 11.3 Å². The Labute approximate surface area is 189 Å². The highest BCUT2D eigenvalue weighted by Crippen LogP contribution is 2.40. The normalized spacial score (nSPS) is 20.2. The summed E-state index contributed by atoms with van der Waals surface area (Å²) in [6, 6.07) is 4.90. The summed E-state index contributed by atoms with van der Waals surface area (Å²) in [4.78, 5) is 14.0. The van der Waals surface area contributed by atoms with Crippen molar-refractivity contribution >= 4 is 48.4 Å². The zero-order valence-electron chi connectivity index (χ0n) is 17.6. The van der Waals surface area contributed by atoms with E-state index in [-0.39, 0.29) is 10.4 Å². The molecule has 0 amide bonds. The highest BCUT2D eigenvalue weighted by atomic mass is 32.2. The Kier molecular flexibility index (Phi) is 4.67. The van der Waals surface area contributed by atoms with Crippen LogP contribution in [0.25, 0.3) is 21.3 Å². The molecule has 2 aliphatic rings. The van der Waals surface area contributed by atoms with E-state index in [2.05, 4.69) is 32.1 Å². The summed E-state index contributed by atoms with van der Waals surface area (Å²) in [5, 5.41) is 8.72. The van der Waals surface area contributed by atoms with E-state index in [4.69, 9.17) is 4.63 Å². The molecule has 4 heterocycles.